The van der Waals surface area contributed by atoms with Crippen LogP contribution >= 0.6 is 0 Å². The van der Waals surface area contributed by atoms with Gasteiger partial charge >= 0.3 is 0 Å². The zero-order chi connectivity index (χ0) is 9.80. The predicted octanol–water partition coefficient (Wildman–Crippen LogP) is 2.87. The minimum absolute atomic E-state index is 0. The zero-order valence-electron chi connectivity index (χ0n) is 9.45. The van der Waals surface area contributed by atoms with Crippen molar-refractivity contribution in [3.05, 3.63) is 41.8 Å². The second kappa shape index (κ2) is 6.78. The van der Waals surface area contributed by atoms with E-state index in [9.17, 15) is 0 Å². The Hall–Kier alpha value is 0.284. The average Bonchev–Trinajstić information content (AvgIpc) is 2.23. The number of rotatable bonds is 2. The summed E-state index contributed by atoms with van der Waals surface area (Å²) in [7, 11) is 0. The summed E-state index contributed by atoms with van der Waals surface area (Å²) in [5.74, 6) is 1.66. The fraction of sp³-hybridized carbons (Fsp3) is 0.462. The maximum absolute atomic E-state index is 2.54. The number of nitrogens with zero attached hydrogens (tertiary/aromatic N) is 1. The van der Waals surface area contributed by atoms with Gasteiger partial charge in [-0.2, -0.15) is 19.8 Å². The van der Waals surface area contributed by atoms with E-state index in [2.05, 4.69) is 42.2 Å². The molecule has 1 heterocycles. The van der Waals surface area contributed by atoms with Gasteiger partial charge in [-0.25, -0.2) is 0 Å². The number of hydrogen-bond acceptors (Lipinski definition) is 1. The van der Waals surface area contributed by atoms with Crippen LogP contribution in [0.1, 0.15) is 25.3 Å². The van der Waals surface area contributed by atoms with Crippen molar-refractivity contribution in [2.24, 2.45) is 0 Å². The summed E-state index contributed by atoms with van der Waals surface area (Å²) in [6.45, 7) is 5.87. The van der Waals surface area contributed by atoms with Gasteiger partial charge in [0.15, 0.2) is 0 Å². The Morgan fingerprint density at radius 2 is 1.73 bits per heavy atom. The second-order valence-electron chi connectivity index (χ2n) is 4.22. The first-order valence-electron chi connectivity index (χ1n) is 5.42. The molecule has 79 valence electrons. The first-order chi connectivity index (χ1) is 6.84. The Labute approximate surface area is 118 Å². The summed E-state index contributed by atoms with van der Waals surface area (Å²) in [5, 5.41) is 0. The van der Waals surface area contributed by atoms with E-state index < -0.39 is 0 Å². The first kappa shape index (κ1) is 13.3. The fourth-order valence-electron chi connectivity index (χ4n) is 1.93. The van der Waals surface area contributed by atoms with Gasteiger partial charge in [0.25, 0.3) is 0 Å². The summed E-state index contributed by atoms with van der Waals surface area (Å²) in [6, 6.07) is 10.8. The Morgan fingerprint density at radius 1 is 1.13 bits per heavy atom. The van der Waals surface area contributed by atoms with Crippen LogP contribution in [0.2, 0.25) is 0 Å². The normalized spacial score (nSPS) is 18.5. The molecule has 0 bridgehead atoms. The molecule has 1 saturated heterocycles. The van der Waals surface area contributed by atoms with Crippen LogP contribution in [0.3, 0.4) is 0 Å². The van der Waals surface area contributed by atoms with Crippen LogP contribution in [0.15, 0.2) is 30.3 Å². The third-order valence-electron chi connectivity index (χ3n) is 2.96. The number of piperidine rings is 1. The van der Waals surface area contributed by atoms with Gasteiger partial charge in [-0.05, 0) is 18.7 Å². The van der Waals surface area contributed by atoms with E-state index in [1.54, 1.807) is 5.92 Å². The number of benzene rings is 1. The van der Waals surface area contributed by atoms with Crippen molar-refractivity contribution >= 4 is 0 Å². The maximum atomic E-state index is 2.54. The summed E-state index contributed by atoms with van der Waals surface area (Å²) in [5.41, 5.74) is 1.44. The van der Waals surface area contributed by atoms with Crippen molar-refractivity contribution in [1.29, 1.82) is 0 Å². The van der Waals surface area contributed by atoms with E-state index in [4.69, 9.17) is 0 Å². The standard InChI is InChI=1S/C13H18N.Y/c1-12-7-9-14(10-8-12)11-13-5-3-2-4-6-13;/h2-6H,7-11H2,1H3;/q-1;. The molecule has 2 rings (SSSR count). The van der Waals surface area contributed by atoms with E-state index in [1.807, 2.05) is 0 Å². The fourth-order valence-corrected chi connectivity index (χ4v) is 1.93. The largest absolute Gasteiger partial charge is 0.314 e. The predicted molar refractivity (Wildman–Crippen MR) is 59.9 cm³/mol. The van der Waals surface area contributed by atoms with E-state index in [0.29, 0.717) is 0 Å². The van der Waals surface area contributed by atoms with Gasteiger partial charge in [0.1, 0.15) is 0 Å². The van der Waals surface area contributed by atoms with Crippen LogP contribution in [0.25, 0.3) is 0 Å². The molecule has 15 heavy (non-hydrogen) atoms. The van der Waals surface area contributed by atoms with Gasteiger partial charge in [0.2, 0.25) is 0 Å². The quantitative estimate of drug-likeness (QED) is 0.751. The Balaban J connectivity index is 0.00000112. The molecule has 0 aromatic heterocycles. The van der Waals surface area contributed by atoms with E-state index in [-0.39, 0.29) is 32.7 Å². The van der Waals surface area contributed by atoms with Crippen LogP contribution < -0.4 is 0 Å². The Kier molecular flexibility index (Phi) is 6.03. The van der Waals surface area contributed by atoms with Crippen LogP contribution in [-0.2, 0) is 39.3 Å². The van der Waals surface area contributed by atoms with Crippen molar-refractivity contribution in [1.82, 2.24) is 4.90 Å². The van der Waals surface area contributed by atoms with Crippen LogP contribution in [-0.4, -0.2) is 18.0 Å². The van der Waals surface area contributed by atoms with Crippen LogP contribution in [0.4, 0.5) is 0 Å². The Bertz CT molecular complexity index is 265. The van der Waals surface area contributed by atoms with Crippen LogP contribution in [0, 0.1) is 5.92 Å². The molecule has 0 aliphatic carbocycles. The summed E-state index contributed by atoms with van der Waals surface area (Å²) in [6.07, 6.45) is 2.57. The molecule has 0 saturated carbocycles. The molecule has 0 N–H and O–H groups in total. The van der Waals surface area contributed by atoms with E-state index in [1.165, 1.54) is 31.5 Å². The van der Waals surface area contributed by atoms with Gasteiger partial charge in [-0.15, -0.1) is 0 Å². The van der Waals surface area contributed by atoms with Crippen molar-refractivity contribution in [3.8, 4) is 0 Å². The summed E-state index contributed by atoms with van der Waals surface area (Å²) < 4.78 is 0. The minimum Gasteiger partial charge on any atom is -0.314 e. The molecule has 1 aromatic rings. The van der Waals surface area contributed by atoms with Gasteiger partial charge < -0.3 is 10.8 Å². The molecule has 1 nitrogen and oxygen atoms in total. The van der Waals surface area contributed by atoms with Gasteiger partial charge in [-0.3, -0.25) is 0 Å². The minimum atomic E-state index is 0. The molecule has 0 atom stereocenters. The van der Waals surface area contributed by atoms with E-state index in [0.717, 1.165) is 6.54 Å². The zero-order valence-corrected chi connectivity index (χ0v) is 12.3. The Morgan fingerprint density at radius 3 is 2.33 bits per heavy atom. The van der Waals surface area contributed by atoms with Gasteiger partial charge in [-0.1, -0.05) is 30.3 Å². The molecule has 1 aromatic carbocycles. The van der Waals surface area contributed by atoms with Crippen molar-refractivity contribution in [3.63, 3.8) is 0 Å². The molecule has 0 spiro atoms. The molecule has 2 heteroatoms. The maximum Gasteiger partial charge on any atom is 0.0231 e. The number of hydrogen-bond donors (Lipinski definition) is 0. The van der Waals surface area contributed by atoms with Gasteiger partial charge in [0.05, 0.1) is 0 Å². The molecular weight excluding hydrogens is 259 g/mol. The SMILES string of the molecule is C[C-]1CCN(Cc2ccccc2)CC1.[Y]. The van der Waals surface area contributed by atoms with Crippen molar-refractivity contribution in [2.45, 2.75) is 26.3 Å². The summed E-state index contributed by atoms with van der Waals surface area (Å²) in [4.78, 5) is 2.54. The topological polar surface area (TPSA) is 3.24 Å². The van der Waals surface area contributed by atoms with Crippen molar-refractivity contribution in [2.75, 3.05) is 13.1 Å². The molecular formula is C13H18NY-. The molecule has 1 radical (unpaired) electrons. The van der Waals surface area contributed by atoms with Crippen molar-refractivity contribution < 1.29 is 32.7 Å². The third-order valence-corrected chi connectivity index (χ3v) is 2.96. The molecule has 1 aliphatic heterocycles. The molecule has 1 aliphatic rings. The number of likely N-dealkylation sites (tertiary alicyclic amines) is 1. The first-order valence-corrected chi connectivity index (χ1v) is 5.42. The van der Waals surface area contributed by atoms with Gasteiger partial charge in [0, 0.05) is 39.3 Å². The second-order valence-corrected chi connectivity index (χ2v) is 4.22. The molecule has 0 amide bonds. The third kappa shape index (κ3) is 4.34. The molecule has 0 unspecified atom stereocenters. The smallest absolute Gasteiger partial charge is 0.0231 e. The average molecular weight is 277 g/mol. The van der Waals surface area contributed by atoms with E-state index >= 15 is 0 Å². The molecule has 1 fully saturated rings. The monoisotopic (exact) mass is 277 g/mol. The summed E-state index contributed by atoms with van der Waals surface area (Å²) >= 11 is 0. The van der Waals surface area contributed by atoms with Crippen LogP contribution in [0.5, 0.6) is 0 Å².